The van der Waals surface area contributed by atoms with Gasteiger partial charge in [0, 0.05) is 24.0 Å². The summed E-state index contributed by atoms with van der Waals surface area (Å²) in [7, 11) is 0. The van der Waals surface area contributed by atoms with Gasteiger partial charge >= 0.3 is 5.97 Å². The highest BCUT2D eigenvalue weighted by Crippen LogP contribution is 2.29. The third kappa shape index (κ3) is 7.08. The highest BCUT2D eigenvalue weighted by molar-refractivity contribution is 5.89. The lowest BCUT2D eigenvalue weighted by Crippen LogP contribution is -2.47. The average Bonchev–Trinajstić information content (AvgIpc) is 2.62. The predicted octanol–water partition coefficient (Wildman–Crippen LogP) is 2.70. The highest BCUT2D eigenvalue weighted by atomic mass is 16.5. The van der Waals surface area contributed by atoms with E-state index in [1.165, 1.54) is 0 Å². The molecule has 0 aromatic carbocycles. The summed E-state index contributed by atoms with van der Waals surface area (Å²) in [5, 5.41) is 3.09. The second-order valence-corrected chi connectivity index (χ2v) is 6.93. The molecular weight excluding hydrogens is 332 g/mol. The number of nitrogens with two attached hydrogens (primary N) is 1. The van der Waals surface area contributed by atoms with Gasteiger partial charge in [0.05, 0.1) is 18.8 Å². The number of nitrogens with one attached hydrogen (secondary N) is 1. The van der Waals surface area contributed by atoms with E-state index in [0.29, 0.717) is 31.6 Å². The zero-order valence-electron chi connectivity index (χ0n) is 16.8. The molecule has 0 spiro atoms. The van der Waals surface area contributed by atoms with Crippen LogP contribution >= 0.6 is 0 Å². The fourth-order valence-corrected chi connectivity index (χ4v) is 3.20. The van der Waals surface area contributed by atoms with Gasteiger partial charge in [0.15, 0.2) is 0 Å². The van der Waals surface area contributed by atoms with E-state index in [2.05, 4.69) is 26.1 Å². The Bertz CT molecular complexity index is 474. The minimum absolute atomic E-state index is 0.00157. The van der Waals surface area contributed by atoms with Crippen LogP contribution in [0.2, 0.25) is 0 Å². The van der Waals surface area contributed by atoms with Gasteiger partial charge < -0.3 is 20.5 Å². The fourth-order valence-electron chi connectivity index (χ4n) is 3.20. The largest absolute Gasteiger partial charge is 0.463 e. The van der Waals surface area contributed by atoms with Crippen molar-refractivity contribution in [2.75, 3.05) is 13.2 Å². The Labute approximate surface area is 157 Å². The van der Waals surface area contributed by atoms with E-state index in [9.17, 15) is 9.59 Å². The highest BCUT2D eigenvalue weighted by Gasteiger charge is 2.35. The SMILES string of the molecule is CCOC(=O)C1=C[C@@H](OC(CC)CC)[C@H](C)[C@@H](NC(=O)CCCCN)C1. The minimum atomic E-state index is -0.320. The lowest BCUT2D eigenvalue weighted by molar-refractivity contribution is -0.139. The molecule has 0 unspecified atom stereocenters. The summed E-state index contributed by atoms with van der Waals surface area (Å²) in [4.78, 5) is 24.5. The van der Waals surface area contributed by atoms with Crippen molar-refractivity contribution in [2.45, 2.75) is 84.5 Å². The summed E-state index contributed by atoms with van der Waals surface area (Å²) in [5.41, 5.74) is 6.08. The number of unbranched alkanes of at least 4 members (excludes halogenated alkanes) is 1. The Kier molecular flexibility index (Phi) is 10.5. The van der Waals surface area contributed by atoms with Crippen molar-refractivity contribution in [2.24, 2.45) is 11.7 Å². The van der Waals surface area contributed by atoms with Gasteiger partial charge in [-0.3, -0.25) is 4.79 Å². The van der Waals surface area contributed by atoms with E-state index in [1.54, 1.807) is 6.92 Å². The van der Waals surface area contributed by atoms with Gasteiger partial charge in [-0.25, -0.2) is 4.79 Å². The molecule has 0 aromatic heterocycles. The Morgan fingerprint density at radius 1 is 1.27 bits per heavy atom. The van der Waals surface area contributed by atoms with Crippen LogP contribution in [0.5, 0.6) is 0 Å². The molecule has 1 aliphatic carbocycles. The number of rotatable bonds is 11. The molecule has 0 heterocycles. The molecule has 6 nitrogen and oxygen atoms in total. The molecule has 0 fully saturated rings. The first-order chi connectivity index (χ1) is 12.5. The van der Waals surface area contributed by atoms with Crippen LogP contribution in [0.15, 0.2) is 11.6 Å². The van der Waals surface area contributed by atoms with Gasteiger partial charge in [0.1, 0.15) is 0 Å². The minimum Gasteiger partial charge on any atom is -0.463 e. The number of ether oxygens (including phenoxy) is 2. The van der Waals surface area contributed by atoms with E-state index in [1.807, 2.05) is 6.08 Å². The number of hydrogen-bond acceptors (Lipinski definition) is 5. The molecule has 1 rings (SSSR count). The molecule has 3 N–H and O–H groups in total. The first kappa shape index (κ1) is 22.6. The van der Waals surface area contributed by atoms with Gasteiger partial charge in [0.2, 0.25) is 5.91 Å². The maximum atomic E-state index is 12.2. The van der Waals surface area contributed by atoms with E-state index in [0.717, 1.165) is 25.7 Å². The second kappa shape index (κ2) is 12.1. The number of carbonyl (C=O) groups excluding carboxylic acids is 2. The smallest absolute Gasteiger partial charge is 0.333 e. The molecule has 0 saturated heterocycles. The predicted molar refractivity (Wildman–Crippen MR) is 103 cm³/mol. The Morgan fingerprint density at radius 3 is 2.54 bits per heavy atom. The molecule has 0 radical (unpaired) electrons. The monoisotopic (exact) mass is 368 g/mol. The van der Waals surface area contributed by atoms with Crippen molar-refractivity contribution in [3.05, 3.63) is 11.6 Å². The maximum Gasteiger partial charge on any atom is 0.333 e. The zero-order chi connectivity index (χ0) is 19.5. The number of amides is 1. The first-order valence-corrected chi connectivity index (χ1v) is 9.99. The van der Waals surface area contributed by atoms with Gasteiger partial charge in [-0.15, -0.1) is 0 Å². The number of esters is 1. The normalized spacial score (nSPS) is 22.8. The average molecular weight is 369 g/mol. The van der Waals surface area contributed by atoms with Crippen molar-refractivity contribution >= 4 is 11.9 Å². The Hall–Kier alpha value is -1.40. The van der Waals surface area contributed by atoms with Crippen LogP contribution in [0, 0.1) is 5.92 Å². The van der Waals surface area contributed by atoms with Crippen molar-refractivity contribution in [1.29, 1.82) is 0 Å². The number of carbonyl (C=O) groups is 2. The Morgan fingerprint density at radius 2 is 1.96 bits per heavy atom. The zero-order valence-corrected chi connectivity index (χ0v) is 16.8. The van der Waals surface area contributed by atoms with Crippen LogP contribution in [-0.4, -0.2) is 43.3 Å². The lowest BCUT2D eigenvalue weighted by atomic mass is 9.83. The fraction of sp³-hybridized carbons (Fsp3) is 0.800. The van der Waals surface area contributed by atoms with Crippen LogP contribution in [0.3, 0.4) is 0 Å². The number of hydrogen-bond donors (Lipinski definition) is 2. The molecule has 3 atom stereocenters. The molecule has 6 heteroatoms. The van der Waals surface area contributed by atoms with Gasteiger partial charge in [-0.1, -0.05) is 20.8 Å². The van der Waals surface area contributed by atoms with Gasteiger partial charge in [-0.2, -0.15) is 0 Å². The molecule has 26 heavy (non-hydrogen) atoms. The topological polar surface area (TPSA) is 90.6 Å². The summed E-state index contributed by atoms with van der Waals surface area (Å²) in [6, 6.07) is -0.135. The van der Waals surface area contributed by atoms with Crippen LogP contribution in [-0.2, 0) is 19.1 Å². The Balaban J connectivity index is 2.85. The molecule has 0 aliphatic heterocycles. The molecule has 1 aliphatic rings. The molecule has 1 amide bonds. The summed E-state index contributed by atoms with van der Waals surface area (Å²) in [6.45, 7) is 8.96. The summed E-state index contributed by atoms with van der Waals surface area (Å²) in [5.74, 6) is -0.228. The first-order valence-electron chi connectivity index (χ1n) is 9.99. The van der Waals surface area contributed by atoms with Crippen molar-refractivity contribution in [3.8, 4) is 0 Å². The molecule has 150 valence electrons. The van der Waals surface area contributed by atoms with Crippen LogP contribution < -0.4 is 11.1 Å². The van der Waals surface area contributed by atoms with Gasteiger partial charge in [0.25, 0.3) is 0 Å². The quantitative estimate of drug-likeness (QED) is 0.432. The molecule has 0 bridgehead atoms. The van der Waals surface area contributed by atoms with Gasteiger partial charge in [-0.05, 0) is 51.6 Å². The molecule has 0 saturated carbocycles. The summed E-state index contributed by atoms with van der Waals surface area (Å²) >= 11 is 0. The van der Waals surface area contributed by atoms with E-state index in [-0.39, 0.29) is 36.0 Å². The lowest BCUT2D eigenvalue weighted by Gasteiger charge is -2.36. The standard InChI is InChI=1S/C20H36N2O4/c1-5-16(6-2)26-18-13-15(20(24)25-7-3)12-17(14(18)4)22-19(23)10-8-9-11-21/h13-14,16-18H,5-12,21H2,1-4H3,(H,22,23)/t14-,17+,18-/m1/s1. The van der Waals surface area contributed by atoms with Crippen LogP contribution in [0.1, 0.15) is 66.2 Å². The summed E-state index contributed by atoms with van der Waals surface area (Å²) in [6.07, 6.45) is 6.19. The third-order valence-electron chi connectivity index (χ3n) is 4.96. The maximum absolute atomic E-state index is 12.2. The van der Waals surface area contributed by atoms with Crippen molar-refractivity contribution in [3.63, 3.8) is 0 Å². The molecular formula is C20H36N2O4. The van der Waals surface area contributed by atoms with Crippen molar-refractivity contribution < 1.29 is 19.1 Å². The van der Waals surface area contributed by atoms with E-state index >= 15 is 0 Å². The van der Waals surface area contributed by atoms with E-state index in [4.69, 9.17) is 15.2 Å². The van der Waals surface area contributed by atoms with Crippen LogP contribution in [0.4, 0.5) is 0 Å². The van der Waals surface area contributed by atoms with E-state index < -0.39 is 0 Å². The van der Waals surface area contributed by atoms with Crippen LogP contribution in [0.25, 0.3) is 0 Å². The third-order valence-corrected chi connectivity index (χ3v) is 4.96. The molecule has 0 aromatic rings. The van der Waals surface area contributed by atoms with Crippen molar-refractivity contribution in [1.82, 2.24) is 5.32 Å². The second-order valence-electron chi connectivity index (χ2n) is 6.93. The summed E-state index contributed by atoms with van der Waals surface area (Å²) < 4.78 is 11.4.